The van der Waals surface area contributed by atoms with E-state index in [1.54, 1.807) is 31.2 Å². The van der Waals surface area contributed by atoms with Crippen LogP contribution in [0.3, 0.4) is 0 Å². The van der Waals surface area contributed by atoms with Crippen molar-refractivity contribution in [3.8, 4) is 5.75 Å². The largest absolute Gasteiger partial charge is 0.508 e. The number of rotatable bonds is 11. The number of aromatic hydroxyl groups is 1. The molecule has 8 nitrogen and oxygen atoms in total. The number of hydrogen-bond donors (Lipinski definition) is 3. The molecule has 3 atom stereocenters. The molecule has 0 bridgehead atoms. The zero-order chi connectivity index (χ0) is 29.7. The number of benzene rings is 2. The number of likely N-dealkylation sites (N-methyl/N-ethyl adjacent to an activating group) is 2. The van der Waals surface area contributed by atoms with E-state index in [1.165, 1.54) is 29.0 Å². The van der Waals surface area contributed by atoms with Crippen LogP contribution in [0.25, 0.3) is 0 Å². The Morgan fingerprint density at radius 3 is 2.03 bits per heavy atom. The van der Waals surface area contributed by atoms with Crippen molar-refractivity contribution in [1.29, 1.82) is 0 Å². The number of amides is 3. The summed E-state index contributed by atoms with van der Waals surface area (Å²) in [5.41, 5.74) is 13.8. The van der Waals surface area contributed by atoms with Gasteiger partial charge in [0.15, 0.2) is 0 Å². The molecule has 0 aromatic heterocycles. The number of primary amides is 1. The first-order valence-corrected chi connectivity index (χ1v) is 13.3. The standard InChI is InChI=1S/C30H43FN4O4/c1-8-35(24(27(33)37)17-20-11-14-25(36)22(15-20)30(4,5)6)29(39)26(18(2)3)34(7)28(38)23(32)16-19-9-12-21(31)13-10-19/h9-15,18,23-24,26,36H,8,16-17,32H2,1-7H3,(H2,33,37). The third-order valence-corrected chi connectivity index (χ3v) is 6.96. The van der Waals surface area contributed by atoms with Crippen molar-refractivity contribution >= 4 is 17.7 Å². The number of halogens is 1. The van der Waals surface area contributed by atoms with Gasteiger partial charge in [-0.15, -0.1) is 0 Å². The molecule has 0 fully saturated rings. The Morgan fingerprint density at radius 2 is 1.54 bits per heavy atom. The van der Waals surface area contributed by atoms with Crippen LogP contribution in [0.15, 0.2) is 42.5 Å². The van der Waals surface area contributed by atoms with Crippen LogP contribution in [0, 0.1) is 11.7 Å². The van der Waals surface area contributed by atoms with Crippen molar-refractivity contribution in [2.45, 2.75) is 77.9 Å². The Kier molecular flexibility index (Phi) is 10.6. The Bertz CT molecular complexity index is 1160. The highest BCUT2D eigenvalue weighted by molar-refractivity contribution is 5.93. The Balaban J connectivity index is 2.32. The summed E-state index contributed by atoms with van der Waals surface area (Å²) >= 11 is 0. The number of phenolic OH excluding ortho intramolecular Hbond substituents is 1. The number of carbonyl (C=O) groups excluding carboxylic acids is 3. The molecular weight excluding hydrogens is 499 g/mol. The summed E-state index contributed by atoms with van der Waals surface area (Å²) in [5.74, 6) is -2.02. The number of nitrogens with zero attached hydrogens (tertiary/aromatic N) is 2. The molecule has 0 heterocycles. The van der Waals surface area contributed by atoms with E-state index in [0.717, 1.165) is 11.1 Å². The lowest BCUT2D eigenvalue weighted by atomic mass is 9.84. The SMILES string of the molecule is CCN(C(=O)C(C(C)C)N(C)C(=O)C(N)Cc1ccc(F)cc1)C(Cc1ccc(O)c(C(C)(C)C)c1)C(N)=O. The third-order valence-electron chi connectivity index (χ3n) is 6.96. The molecule has 0 radical (unpaired) electrons. The van der Waals surface area contributed by atoms with Crippen molar-refractivity contribution in [2.24, 2.45) is 17.4 Å². The van der Waals surface area contributed by atoms with Gasteiger partial charge in [0.05, 0.1) is 6.04 Å². The molecule has 39 heavy (non-hydrogen) atoms. The normalized spacial score (nSPS) is 14.0. The summed E-state index contributed by atoms with van der Waals surface area (Å²) in [7, 11) is 1.53. The average Bonchev–Trinajstić information content (AvgIpc) is 2.84. The van der Waals surface area contributed by atoms with Gasteiger partial charge in [-0.05, 0) is 59.6 Å². The minimum absolute atomic E-state index is 0.155. The highest BCUT2D eigenvalue weighted by Crippen LogP contribution is 2.32. The van der Waals surface area contributed by atoms with Crippen LogP contribution in [0.5, 0.6) is 5.75 Å². The molecule has 9 heteroatoms. The fourth-order valence-electron chi connectivity index (χ4n) is 4.86. The maximum absolute atomic E-state index is 13.9. The van der Waals surface area contributed by atoms with Crippen LogP contribution in [0.4, 0.5) is 4.39 Å². The fourth-order valence-corrected chi connectivity index (χ4v) is 4.86. The smallest absolute Gasteiger partial charge is 0.246 e. The predicted octanol–water partition coefficient (Wildman–Crippen LogP) is 3.13. The van der Waals surface area contributed by atoms with Gasteiger partial charge in [0, 0.05) is 20.0 Å². The van der Waals surface area contributed by atoms with Gasteiger partial charge in [0.1, 0.15) is 23.7 Å². The van der Waals surface area contributed by atoms with Crippen LogP contribution < -0.4 is 11.5 Å². The van der Waals surface area contributed by atoms with E-state index in [2.05, 4.69) is 0 Å². The molecule has 2 rings (SSSR count). The maximum Gasteiger partial charge on any atom is 0.246 e. The highest BCUT2D eigenvalue weighted by atomic mass is 19.1. The molecule has 3 unspecified atom stereocenters. The van der Waals surface area contributed by atoms with E-state index in [0.29, 0.717) is 5.56 Å². The van der Waals surface area contributed by atoms with Crippen molar-refractivity contribution in [3.63, 3.8) is 0 Å². The van der Waals surface area contributed by atoms with Gasteiger partial charge >= 0.3 is 0 Å². The van der Waals surface area contributed by atoms with Crippen LogP contribution in [-0.4, -0.2) is 64.3 Å². The molecule has 214 valence electrons. The van der Waals surface area contributed by atoms with E-state index in [-0.39, 0.29) is 42.3 Å². The number of nitrogens with two attached hydrogens (primary N) is 2. The summed E-state index contributed by atoms with van der Waals surface area (Å²) in [6.07, 6.45) is 0.339. The van der Waals surface area contributed by atoms with E-state index in [4.69, 9.17) is 11.5 Å². The van der Waals surface area contributed by atoms with Crippen LogP contribution in [-0.2, 0) is 32.6 Å². The molecular formula is C30H43FN4O4. The minimum atomic E-state index is -0.961. The van der Waals surface area contributed by atoms with Gasteiger partial charge in [-0.3, -0.25) is 14.4 Å². The van der Waals surface area contributed by atoms with E-state index in [1.807, 2.05) is 40.7 Å². The Labute approximate surface area is 231 Å². The van der Waals surface area contributed by atoms with Crippen molar-refractivity contribution in [2.75, 3.05) is 13.6 Å². The fraction of sp³-hybridized carbons (Fsp3) is 0.500. The van der Waals surface area contributed by atoms with Gasteiger partial charge in [0.2, 0.25) is 17.7 Å². The lowest BCUT2D eigenvalue weighted by Gasteiger charge is -2.38. The first-order valence-electron chi connectivity index (χ1n) is 13.3. The highest BCUT2D eigenvalue weighted by Gasteiger charge is 2.38. The Morgan fingerprint density at radius 1 is 0.974 bits per heavy atom. The van der Waals surface area contributed by atoms with Gasteiger partial charge < -0.3 is 26.4 Å². The number of phenols is 1. The summed E-state index contributed by atoms with van der Waals surface area (Å²) < 4.78 is 13.3. The average molecular weight is 543 g/mol. The predicted molar refractivity (Wildman–Crippen MR) is 150 cm³/mol. The third kappa shape index (κ3) is 8.02. The first kappa shape index (κ1) is 31.8. The molecule has 0 aliphatic carbocycles. The molecule has 2 aromatic rings. The second-order valence-electron chi connectivity index (χ2n) is 11.4. The molecule has 3 amide bonds. The van der Waals surface area contributed by atoms with Crippen LogP contribution in [0.2, 0.25) is 0 Å². The summed E-state index contributed by atoms with van der Waals surface area (Å²) in [6, 6.07) is 8.08. The zero-order valence-electron chi connectivity index (χ0n) is 24.1. The van der Waals surface area contributed by atoms with Crippen molar-refractivity contribution in [1.82, 2.24) is 9.80 Å². The molecule has 0 aliphatic heterocycles. The monoisotopic (exact) mass is 542 g/mol. The number of hydrogen-bond acceptors (Lipinski definition) is 5. The topological polar surface area (TPSA) is 130 Å². The second kappa shape index (κ2) is 13.1. The quantitative estimate of drug-likeness (QED) is 0.402. The molecule has 0 saturated carbocycles. The molecule has 0 spiro atoms. The summed E-state index contributed by atoms with van der Waals surface area (Å²) in [6.45, 7) is 11.5. The molecule has 5 N–H and O–H groups in total. The summed E-state index contributed by atoms with van der Waals surface area (Å²) in [5, 5.41) is 10.3. The zero-order valence-corrected chi connectivity index (χ0v) is 24.1. The number of carbonyl (C=O) groups is 3. The first-order chi connectivity index (χ1) is 18.1. The summed E-state index contributed by atoms with van der Waals surface area (Å²) in [4.78, 5) is 42.6. The van der Waals surface area contributed by atoms with Gasteiger partial charge in [-0.2, -0.15) is 0 Å². The molecule has 0 aliphatic rings. The maximum atomic E-state index is 13.9. The lowest BCUT2D eigenvalue weighted by Crippen LogP contribution is -2.59. The molecule has 2 aromatic carbocycles. The van der Waals surface area contributed by atoms with Crippen molar-refractivity contribution < 1.29 is 23.9 Å². The lowest BCUT2D eigenvalue weighted by molar-refractivity contribution is -0.150. The van der Waals surface area contributed by atoms with E-state index >= 15 is 0 Å². The van der Waals surface area contributed by atoms with Crippen molar-refractivity contribution in [3.05, 3.63) is 65.0 Å². The van der Waals surface area contributed by atoms with Gasteiger partial charge in [-0.25, -0.2) is 4.39 Å². The molecule has 0 saturated heterocycles. The van der Waals surface area contributed by atoms with Gasteiger partial charge in [-0.1, -0.05) is 58.9 Å². The van der Waals surface area contributed by atoms with Crippen LogP contribution >= 0.6 is 0 Å². The second-order valence-corrected chi connectivity index (χ2v) is 11.4. The van der Waals surface area contributed by atoms with E-state index < -0.39 is 35.8 Å². The minimum Gasteiger partial charge on any atom is -0.508 e. The van der Waals surface area contributed by atoms with E-state index in [9.17, 15) is 23.9 Å². The van der Waals surface area contributed by atoms with Gasteiger partial charge in [0.25, 0.3) is 0 Å². The van der Waals surface area contributed by atoms with Crippen LogP contribution in [0.1, 0.15) is 58.2 Å². The Hall–Kier alpha value is -3.46.